The van der Waals surface area contributed by atoms with E-state index in [1.165, 1.54) is 11.1 Å². The molecule has 0 atom stereocenters. The van der Waals surface area contributed by atoms with Gasteiger partial charge >= 0.3 is 0 Å². The molecule has 0 unspecified atom stereocenters. The molecule has 2 nitrogen and oxygen atoms in total. The van der Waals surface area contributed by atoms with Crippen LogP contribution in [-0.2, 0) is 0 Å². The van der Waals surface area contributed by atoms with Gasteiger partial charge in [-0.05, 0) is 48.2 Å². The number of benzene rings is 2. The van der Waals surface area contributed by atoms with E-state index < -0.39 is 0 Å². The van der Waals surface area contributed by atoms with Gasteiger partial charge in [0.25, 0.3) is 0 Å². The topological polar surface area (TPSA) is 30.2 Å². The Labute approximate surface area is 111 Å². The van der Waals surface area contributed by atoms with E-state index >= 15 is 0 Å². The van der Waals surface area contributed by atoms with E-state index in [1.807, 2.05) is 12.1 Å². The fourth-order valence-corrected chi connectivity index (χ4v) is 2.21. The normalized spacial score (nSPS) is 10.8. The minimum absolute atomic E-state index is 0.368. The third-order valence-corrected chi connectivity index (χ3v) is 3.50. The maximum atomic E-state index is 10.7. The molecule has 0 radical (unpaired) electrons. The number of hydrogen-bond donors (Lipinski definition) is 0. The number of aryl methyl sites for hydroxylation is 2. The molecule has 0 aliphatic rings. The Morgan fingerprint density at radius 3 is 2.37 bits per heavy atom. The van der Waals surface area contributed by atoms with Crippen molar-refractivity contribution in [2.75, 3.05) is 0 Å². The average Bonchev–Trinajstić information content (AvgIpc) is 2.83. The van der Waals surface area contributed by atoms with Crippen molar-refractivity contribution in [3.8, 4) is 11.1 Å². The fraction of sp³-hybridized carbons (Fsp3) is 0.118. The lowest BCUT2D eigenvalue weighted by molar-refractivity contribution is 0.110. The summed E-state index contributed by atoms with van der Waals surface area (Å²) in [5.74, 6) is 0.368. The highest BCUT2D eigenvalue weighted by molar-refractivity contribution is 5.88. The van der Waals surface area contributed by atoms with Crippen LogP contribution in [0.5, 0.6) is 0 Å². The van der Waals surface area contributed by atoms with Gasteiger partial charge in [0, 0.05) is 5.39 Å². The Bertz CT molecular complexity index is 766. The molecule has 0 bridgehead atoms. The van der Waals surface area contributed by atoms with Crippen LogP contribution in [0, 0.1) is 13.8 Å². The van der Waals surface area contributed by atoms with E-state index in [0.29, 0.717) is 5.76 Å². The highest BCUT2D eigenvalue weighted by Gasteiger charge is 2.06. The molecule has 3 rings (SSSR count). The van der Waals surface area contributed by atoms with Gasteiger partial charge in [-0.25, -0.2) is 0 Å². The van der Waals surface area contributed by atoms with Crippen LogP contribution in [0.4, 0.5) is 0 Å². The first kappa shape index (κ1) is 11.7. The van der Waals surface area contributed by atoms with Gasteiger partial charge in [0.15, 0.2) is 12.0 Å². The third kappa shape index (κ3) is 2.06. The van der Waals surface area contributed by atoms with Crippen molar-refractivity contribution >= 4 is 17.3 Å². The molecule has 2 heteroatoms. The molecule has 0 spiro atoms. The zero-order chi connectivity index (χ0) is 13.4. The Morgan fingerprint density at radius 2 is 1.63 bits per heavy atom. The van der Waals surface area contributed by atoms with Gasteiger partial charge in [0.1, 0.15) is 5.58 Å². The number of hydrogen-bond acceptors (Lipinski definition) is 2. The number of furan rings is 1. The van der Waals surface area contributed by atoms with Crippen LogP contribution in [-0.4, -0.2) is 6.29 Å². The van der Waals surface area contributed by atoms with E-state index in [0.717, 1.165) is 28.4 Å². The summed E-state index contributed by atoms with van der Waals surface area (Å²) in [6.07, 6.45) is 0.732. The Hall–Kier alpha value is -2.35. The number of carbonyl (C=O) groups excluding carboxylic acids is 1. The van der Waals surface area contributed by atoms with Gasteiger partial charge in [-0.3, -0.25) is 4.79 Å². The molecular weight excluding hydrogens is 236 g/mol. The van der Waals surface area contributed by atoms with E-state index in [9.17, 15) is 4.79 Å². The van der Waals surface area contributed by atoms with E-state index in [4.69, 9.17) is 4.42 Å². The smallest absolute Gasteiger partial charge is 0.185 e. The first-order valence-electron chi connectivity index (χ1n) is 6.24. The lowest BCUT2D eigenvalue weighted by Gasteiger charge is -2.05. The second-order valence-corrected chi connectivity index (χ2v) is 4.82. The van der Waals surface area contributed by atoms with Gasteiger partial charge in [-0.15, -0.1) is 0 Å². The van der Waals surface area contributed by atoms with Crippen LogP contribution in [0.3, 0.4) is 0 Å². The predicted molar refractivity (Wildman–Crippen MR) is 76.5 cm³/mol. The minimum atomic E-state index is 0.368. The lowest BCUT2D eigenvalue weighted by atomic mass is 10.00. The van der Waals surface area contributed by atoms with Crippen LogP contribution in [0.15, 0.2) is 46.9 Å². The molecule has 0 N–H and O–H groups in total. The average molecular weight is 250 g/mol. The molecule has 2 aromatic carbocycles. The van der Waals surface area contributed by atoms with Crippen molar-refractivity contribution in [1.29, 1.82) is 0 Å². The third-order valence-electron chi connectivity index (χ3n) is 3.50. The highest BCUT2D eigenvalue weighted by atomic mass is 16.3. The molecule has 0 aliphatic heterocycles. The first-order valence-corrected chi connectivity index (χ1v) is 6.24. The van der Waals surface area contributed by atoms with Gasteiger partial charge in [0.2, 0.25) is 0 Å². The molecule has 0 saturated carbocycles. The number of fused-ring (bicyclic) bond motifs is 1. The number of aldehydes is 1. The van der Waals surface area contributed by atoms with Crippen LogP contribution in [0.25, 0.3) is 22.1 Å². The van der Waals surface area contributed by atoms with Crippen molar-refractivity contribution in [3.63, 3.8) is 0 Å². The monoisotopic (exact) mass is 250 g/mol. The van der Waals surface area contributed by atoms with Gasteiger partial charge in [-0.2, -0.15) is 0 Å². The Balaban J connectivity index is 2.13. The Morgan fingerprint density at radius 1 is 0.895 bits per heavy atom. The standard InChI is InChI=1S/C17H14O2/c1-11-3-4-13(7-12(11)2)14-5-6-15-8-16(10-18)19-17(15)9-14/h3-10H,1-2H3. The molecule has 1 aromatic heterocycles. The van der Waals surface area contributed by atoms with Crippen LogP contribution in [0.1, 0.15) is 21.7 Å². The van der Waals surface area contributed by atoms with Crippen molar-refractivity contribution in [1.82, 2.24) is 0 Å². The molecule has 0 amide bonds. The number of rotatable bonds is 2. The van der Waals surface area contributed by atoms with Crippen molar-refractivity contribution in [2.45, 2.75) is 13.8 Å². The molecule has 1 heterocycles. The summed E-state index contributed by atoms with van der Waals surface area (Å²) in [5.41, 5.74) is 5.56. The molecule has 3 aromatic rings. The van der Waals surface area contributed by atoms with E-state index in [-0.39, 0.29) is 0 Å². The van der Waals surface area contributed by atoms with Crippen molar-refractivity contribution in [3.05, 3.63) is 59.4 Å². The van der Waals surface area contributed by atoms with E-state index in [2.05, 4.69) is 38.1 Å². The molecule has 0 fully saturated rings. The minimum Gasteiger partial charge on any atom is -0.453 e. The maximum absolute atomic E-state index is 10.7. The largest absolute Gasteiger partial charge is 0.453 e. The molecule has 0 aliphatic carbocycles. The van der Waals surface area contributed by atoms with Crippen LogP contribution in [0.2, 0.25) is 0 Å². The zero-order valence-corrected chi connectivity index (χ0v) is 10.9. The van der Waals surface area contributed by atoms with Crippen molar-refractivity contribution in [2.24, 2.45) is 0 Å². The van der Waals surface area contributed by atoms with E-state index in [1.54, 1.807) is 6.07 Å². The maximum Gasteiger partial charge on any atom is 0.185 e. The summed E-state index contributed by atoms with van der Waals surface area (Å²) in [7, 11) is 0. The predicted octanol–water partition coefficient (Wildman–Crippen LogP) is 4.53. The lowest BCUT2D eigenvalue weighted by Crippen LogP contribution is -1.83. The SMILES string of the molecule is Cc1ccc(-c2ccc3cc(C=O)oc3c2)cc1C. The quantitative estimate of drug-likeness (QED) is 0.625. The second kappa shape index (κ2) is 4.39. The van der Waals surface area contributed by atoms with Gasteiger partial charge in [-0.1, -0.05) is 30.3 Å². The Kier molecular flexibility index (Phi) is 2.71. The summed E-state index contributed by atoms with van der Waals surface area (Å²) in [4.78, 5) is 10.7. The number of carbonyl (C=O) groups is 1. The summed E-state index contributed by atoms with van der Waals surface area (Å²) in [6.45, 7) is 4.21. The van der Waals surface area contributed by atoms with Gasteiger partial charge in [0.05, 0.1) is 0 Å². The summed E-state index contributed by atoms with van der Waals surface area (Å²) >= 11 is 0. The first-order chi connectivity index (χ1) is 9.17. The van der Waals surface area contributed by atoms with Crippen LogP contribution < -0.4 is 0 Å². The summed E-state index contributed by atoms with van der Waals surface area (Å²) in [5, 5.41) is 0.953. The molecule has 0 saturated heterocycles. The van der Waals surface area contributed by atoms with Gasteiger partial charge < -0.3 is 4.42 Å². The second-order valence-electron chi connectivity index (χ2n) is 4.82. The summed E-state index contributed by atoms with van der Waals surface area (Å²) < 4.78 is 5.47. The fourth-order valence-electron chi connectivity index (χ4n) is 2.21. The van der Waals surface area contributed by atoms with Crippen molar-refractivity contribution < 1.29 is 9.21 Å². The molecular formula is C17H14O2. The highest BCUT2D eigenvalue weighted by Crippen LogP contribution is 2.27. The molecule has 94 valence electrons. The molecule has 19 heavy (non-hydrogen) atoms. The zero-order valence-electron chi connectivity index (χ0n) is 10.9. The van der Waals surface area contributed by atoms with Crippen LogP contribution >= 0.6 is 0 Å². The summed E-state index contributed by atoms with van der Waals surface area (Å²) in [6, 6.07) is 14.2.